The topological polar surface area (TPSA) is 46.5 Å². The predicted octanol–water partition coefficient (Wildman–Crippen LogP) is 1.96. The third-order valence-electron chi connectivity index (χ3n) is 3.43. The number of carbonyl (C=O) groups is 1. The molecule has 1 N–H and O–H groups in total. The lowest BCUT2D eigenvalue weighted by Gasteiger charge is -2.37. The van der Waals surface area contributed by atoms with Crippen LogP contribution in [-0.4, -0.2) is 53.4 Å². The number of quaternary nitrogens is 1. The Labute approximate surface area is 112 Å². The molecule has 108 valence electrons. The molecule has 4 heteroatoms. The number of hydrogen-bond acceptors (Lipinski definition) is 3. The minimum atomic E-state index is -0.625. The van der Waals surface area contributed by atoms with Crippen molar-refractivity contribution in [1.82, 2.24) is 0 Å². The van der Waals surface area contributed by atoms with Gasteiger partial charge in [0.05, 0.1) is 26.1 Å². The summed E-state index contributed by atoms with van der Waals surface area (Å²) in [5, 5.41) is 10.0. The van der Waals surface area contributed by atoms with Gasteiger partial charge in [-0.15, -0.1) is 0 Å². The minimum Gasteiger partial charge on any atom is -0.460 e. The molecule has 0 saturated heterocycles. The summed E-state index contributed by atoms with van der Waals surface area (Å²) in [5.41, 5.74) is -0.483. The van der Waals surface area contributed by atoms with E-state index >= 15 is 0 Å². The molecule has 0 fully saturated rings. The van der Waals surface area contributed by atoms with Crippen LogP contribution in [0.1, 0.15) is 48.0 Å². The van der Waals surface area contributed by atoms with Gasteiger partial charge in [0.25, 0.3) is 0 Å². The molecule has 0 bridgehead atoms. The zero-order valence-electron chi connectivity index (χ0n) is 12.8. The first-order valence-electron chi connectivity index (χ1n) is 6.93. The van der Waals surface area contributed by atoms with Crippen LogP contribution in [-0.2, 0) is 9.53 Å². The highest BCUT2D eigenvalue weighted by Crippen LogP contribution is 2.12. The number of nitrogens with zero attached hydrogens (tertiary/aromatic N) is 1. The van der Waals surface area contributed by atoms with Crippen LogP contribution in [0, 0.1) is 0 Å². The van der Waals surface area contributed by atoms with Crippen LogP contribution in [0.4, 0.5) is 0 Å². The van der Waals surface area contributed by atoms with Crippen LogP contribution >= 0.6 is 0 Å². The molecule has 0 heterocycles. The standard InChI is InChI=1S/C14H30NO3/c1-7-15(8-2,9-3)11-12(16)10-13(17)18-14(4,5)6/h12,16H,7-11H2,1-6H3/q+1. The van der Waals surface area contributed by atoms with Crippen molar-refractivity contribution in [2.45, 2.75) is 59.7 Å². The molecular weight excluding hydrogens is 230 g/mol. The van der Waals surface area contributed by atoms with E-state index in [0.29, 0.717) is 6.54 Å². The number of carbonyl (C=O) groups excluding carboxylic acids is 1. The number of rotatable bonds is 7. The maximum atomic E-state index is 11.6. The molecule has 0 aromatic heterocycles. The van der Waals surface area contributed by atoms with Gasteiger partial charge >= 0.3 is 5.97 Å². The van der Waals surface area contributed by atoms with Gasteiger partial charge in [-0.3, -0.25) is 4.79 Å². The Bertz CT molecular complexity index is 246. The van der Waals surface area contributed by atoms with Gasteiger partial charge in [-0.05, 0) is 41.5 Å². The summed E-state index contributed by atoms with van der Waals surface area (Å²) < 4.78 is 6.06. The van der Waals surface area contributed by atoms with Crippen molar-refractivity contribution >= 4 is 5.97 Å². The largest absolute Gasteiger partial charge is 0.460 e. The van der Waals surface area contributed by atoms with E-state index in [1.807, 2.05) is 20.8 Å². The summed E-state index contributed by atoms with van der Waals surface area (Å²) in [5.74, 6) is -0.323. The molecule has 0 aliphatic rings. The van der Waals surface area contributed by atoms with Crippen molar-refractivity contribution in [2.24, 2.45) is 0 Å². The lowest BCUT2D eigenvalue weighted by Crippen LogP contribution is -2.52. The molecule has 0 aliphatic heterocycles. The van der Waals surface area contributed by atoms with Crippen molar-refractivity contribution in [3.8, 4) is 0 Å². The normalized spacial score (nSPS) is 14.4. The van der Waals surface area contributed by atoms with Gasteiger partial charge < -0.3 is 14.3 Å². The molecule has 0 aliphatic carbocycles. The van der Waals surface area contributed by atoms with Crippen LogP contribution < -0.4 is 0 Å². The molecule has 0 aromatic rings. The molecule has 4 nitrogen and oxygen atoms in total. The van der Waals surface area contributed by atoms with E-state index in [-0.39, 0.29) is 12.4 Å². The smallest absolute Gasteiger partial charge is 0.309 e. The summed E-state index contributed by atoms with van der Waals surface area (Å²) in [6.07, 6.45) is -0.545. The fourth-order valence-electron chi connectivity index (χ4n) is 2.15. The number of ether oxygens (including phenoxy) is 1. The van der Waals surface area contributed by atoms with Crippen molar-refractivity contribution in [1.29, 1.82) is 0 Å². The molecular formula is C14H30NO3+. The summed E-state index contributed by atoms with van der Waals surface area (Å²) in [6, 6.07) is 0. The van der Waals surface area contributed by atoms with E-state index in [1.165, 1.54) is 0 Å². The van der Waals surface area contributed by atoms with E-state index in [9.17, 15) is 9.90 Å². The van der Waals surface area contributed by atoms with Crippen LogP contribution in [0.25, 0.3) is 0 Å². The van der Waals surface area contributed by atoms with Gasteiger partial charge in [0.2, 0.25) is 0 Å². The highest BCUT2D eigenvalue weighted by atomic mass is 16.6. The fraction of sp³-hybridized carbons (Fsp3) is 0.929. The Hall–Kier alpha value is -0.610. The fourth-order valence-corrected chi connectivity index (χ4v) is 2.15. The van der Waals surface area contributed by atoms with Crippen LogP contribution in [0.15, 0.2) is 0 Å². The Morgan fingerprint density at radius 1 is 1.17 bits per heavy atom. The first-order chi connectivity index (χ1) is 8.18. The summed E-state index contributed by atoms with van der Waals surface area (Å²) in [7, 11) is 0. The molecule has 1 atom stereocenters. The predicted molar refractivity (Wildman–Crippen MR) is 73.2 cm³/mol. The zero-order chi connectivity index (χ0) is 14.4. The Morgan fingerprint density at radius 2 is 1.61 bits per heavy atom. The first kappa shape index (κ1) is 17.4. The number of hydrogen-bond donors (Lipinski definition) is 1. The zero-order valence-corrected chi connectivity index (χ0v) is 12.8. The van der Waals surface area contributed by atoms with Crippen LogP contribution in [0.2, 0.25) is 0 Å². The molecule has 0 radical (unpaired) electrons. The summed E-state index contributed by atoms with van der Waals surface area (Å²) in [6.45, 7) is 15.4. The number of aliphatic hydroxyl groups excluding tert-OH is 1. The van der Waals surface area contributed by atoms with Crippen molar-refractivity contribution in [2.75, 3.05) is 26.2 Å². The maximum Gasteiger partial charge on any atom is 0.309 e. The summed E-state index contributed by atoms with van der Waals surface area (Å²) >= 11 is 0. The highest BCUT2D eigenvalue weighted by Gasteiger charge is 2.27. The second kappa shape index (κ2) is 7.10. The van der Waals surface area contributed by atoms with E-state index in [4.69, 9.17) is 4.74 Å². The second-order valence-corrected chi connectivity index (χ2v) is 5.92. The van der Waals surface area contributed by atoms with E-state index in [1.54, 1.807) is 0 Å². The van der Waals surface area contributed by atoms with Crippen LogP contribution in [0.3, 0.4) is 0 Å². The maximum absolute atomic E-state index is 11.6. The lowest BCUT2D eigenvalue weighted by molar-refractivity contribution is -0.926. The second-order valence-electron chi connectivity index (χ2n) is 5.92. The van der Waals surface area contributed by atoms with Crippen molar-refractivity contribution in [3.63, 3.8) is 0 Å². The third kappa shape index (κ3) is 6.36. The van der Waals surface area contributed by atoms with Gasteiger partial charge in [-0.25, -0.2) is 0 Å². The monoisotopic (exact) mass is 260 g/mol. The van der Waals surface area contributed by atoms with Crippen molar-refractivity contribution in [3.05, 3.63) is 0 Å². The molecule has 0 amide bonds. The minimum absolute atomic E-state index is 0.0806. The van der Waals surface area contributed by atoms with E-state index < -0.39 is 11.7 Å². The quantitative estimate of drug-likeness (QED) is 0.562. The first-order valence-corrected chi connectivity index (χ1v) is 6.93. The van der Waals surface area contributed by atoms with Gasteiger partial charge in [-0.1, -0.05) is 0 Å². The van der Waals surface area contributed by atoms with Gasteiger partial charge in [0.1, 0.15) is 18.2 Å². The van der Waals surface area contributed by atoms with Crippen molar-refractivity contribution < 1.29 is 19.1 Å². The van der Waals surface area contributed by atoms with Gasteiger partial charge in [0, 0.05) is 0 Å². The SMILES string of the molecule is CC[N+](CC)(CC)CC(O)CC(=O)OC(C)(C)C. The molecule has 0 spiro atoms. The summed E-state index contributed by atoms with van der Waals surface area (Å²) in [4.78, 5) is 11.6. The number of likely N-dealkylation sites (N-methyl/N-ethyl adjacent to an activating group) is 1. The van der Waals surface area contributed by atoms with Gasteiger partial charge in [0.15, 0.2) is 0 Å². The van der Waals surface area contributed by atoms with E-state index in [0.717, 1.165) is 24.1 Å². The van der Waals surface area contributed by atoms with Gasteiger partial charge in [-0.2, -0.15) is 0 Å². The molecule has 0 saturated carbocycles. The average molecular weight is 260 g/mol. The third-order valence-corrected chi connectivity index (χ3v) is 3.43. The number of esters is 1. The average Bonchev–Trinajstić information content (AvgIpc) is 2.23. The molecule has 0 rings (SSSR count). The molecule has 1 unspecified atom stereocenters. The Balaban J connectivity index is 4.33. The number of aliphatic hydroxyl groups is 1. The Morgan fingerprint density at radius 3 is 1.94 bits per heavy atom. The van der Waals surface area contributed by atoms with Crippen LogP contribution in [0.5, 0.6) is 0 Å². The Kier molecular flexibility index (Phi) is 6.86. The molecule has 0 aromatic carbocycles. The lowest BCUT2D eigenvalue weighted by atomic mass is 10.1. The molecule has 18 heavy (non-hydrogen) atoms. The highest BCUT2D eigenvalue weighted by molar-refractivity contribution is 5.70. The van der Waals surface area contributed by atoms with E-state index in [2.05, 4.69) is 20.8 Å².